The minimum absolute atomic E-state index is 0.393. The molecule has 0 amide bonds. The Morgan fingerprint density at radius 1 is 1.67 bits per heavy atom. The van der Waals surface area contributed by atoms with Gasteiger partial charge in [-0.3, -0.25) is 4.68 Å². The molecule has 1 aliphatic rings. The van der Waals surface area contributed by atoms with Crippen molar-refractivity contribution in [2.24, 2.45) is 18.7 Å². The molecular weight excluding hydrogens is 150 g/mol. The molecular formula is C9H15N3. The second-order valence-corrected chi connectivity index (χ2v) is 3.74. The minimum Gasteiger partial charge on any atom is -0.327 e. The molecule has 12 heavy (non-hydrogen) atoms. The van der Waals surface area contributed by atoms with Gasteiger partial charge in [-0.05, 0) is 18.4 Å². The molecule has 2 N–H and O–H groups in total. The lowest BCUT2D eigenvalue weighted by Gasteiger charge is -2.40. The Balaban J connectivity index is 2.18. The molecule has 3 heteroatoms. The summed E-state index contributed by atoms with van der Waals surface area (Å²) < 4.78 is 1.95. The highest BCUT2D eigenvalue weighted by atomic mass is 15.3. The summed E-state index contributed by atoms with van der Waals surface area (Å²) in [6.07, 6.45) is 2.96. The summed E-state index contributed by atoms with van der Waals surface area (Å²) in [6.45, 7) is 2.21. The van der Waals surface area contributed by atoms with Crippen molar-refractivity contribution in [3.05, 3.63) is 18.0 Å². The van der Waals surface area contributed by atoms with Crippen molar-refractivity contribution in [2.75, 3.05) is 0 Å². The molecule has 0 spiro atoms. The van der Waals surface area contributed by atoms with Crippen molar-refractivity contribution in [3.63, 3.8) is 0 Å². The zero-order valence-electron chi connectivity index (χ0n) is 7.57. The number of aromatic nitrogens is 2. The molecule has 1 aliphatic carbocycles. The van der Waals surface area contributed by atoms with Gasteiger partial charge in [0.05, 0.1) is 0 Å². The fraction of sp³-hybridized carbons (Fsp3) is 0.667. The molecule has 0 saturated heterocycles. The van der Waals surface area contributed by atoms with Gasteiger partial charge >= 0.3 is 0 Å². The van der Waals surface area contributed by atoms with Crippen molar-refractivity contribution >= 4 is 0 Å². The number of nitrogens with zero attached hydrogens (tertiary/aromatic N) is 2. The monoisotopic (exact) mass is 165 g/mol. The van der Waals surface area contributed by atoms with Gasteiger partial charge in [0.15, 0.2) is 0 Å². The van der Waals surface area contributed by atoms with Crippen LogP contribution in [0.15, 0.2) is 12.3 Å². The van der Waals surface area contributed by atoms with E-state index < -0.39 is 0 Å². The van der Waals surface area contributed by atoms with E-state index in [-0.39, 0.29) is 0 Å². The summed E-state index contributed by atoms with van der Waals surface area (Å²) in [5.74, 6) is 1.24. The maximum atomic E-state index is 5.84. The summed E-state index contributed by atoms with van der Waals surface area (Å²) in [7, 11) is 1.99. The third-order valence-corrected chi connectivity index (χ3v) is 3.07. The van der Waals surface area contributed by atoms with Crippen LogP contribution in [0.2, 0.25) is 0 Å². The lowest BCUT2D eigenvalue weighted by molar-refractivity contribution is 0.217. The van der Waals surface area contributed by atoms with E-state index in [9.17, 15) is 0 Å². The van der Waals surface area contributed by atoms with Gasteiger partial charge in [-0.2, -0.15) is 5.10 Å². The zero-order valence-corrected chi connectivity index (χ0v) is 7.57. The molecule has 66 valence electrons. The first-order valence-corrected chi connectivity index (χ1v) is 4.43. The summed E-state index contributed by atoms with van der Waals surface area (Å²) >= 11 is 0. The summed E-state index contributed by atoms with van der Waals surface area (Å²) in [4.78, 5) is 0. The van der Waals surface area contributed by atoms with E-state index in [1.54, 1.807) is 0 Å². The van der Waals surface area contributed by atoms with Crippen LogP contribution in [0.1, 0.15) is 25.0 Å². The number of hydrogen-bond donors (Lipinski definition) is 1. The maximum absolute atomic E-state index is 5.84. The molecule has 1 saturated carbocycles. The van der Waals surface area contributed by atoms with Crippen LogP contribution < -0.4 is 5.73 Å². The Morgan fingerprint density at radius 2 is 2.42 bits per heavy atom. The smallest absolute Gasteiger partial charge is 0.0492 e. The Morgan fingerprint density at radius 3 is 2.83 bits per heavy atom. The van der Waals surface area contributed by atoms with Crippen LogP contribution in [-0.4, -0.2) is 15.8 Å². The third-order valence-electron chi connectivity index (χ3n) is 3.07. The first-order chi connectivity index (χ1) is 5.70. The molecule has 1 heterocycles. The Kier molecular flexibility index (Phi) is 1.68. The van der Waals surface area contributed by atoms with Crippen molar-refractivity contribution in [1.29, 1.82) is 0 Å². The average molecular weight is 165 g/mol. The first-order valence-electron chi connectivity index (χ1n) is 4.43. The molecule has 2 rings (SSSR count). The fourth-order valence-electron chi connectivity index (χ4n) is 1.96. The van der Waals surface area contributed by atoms with Gasteiger partial charge in [0.1, 0.15) is 0 Å². The number of hydrogen-bond acceptors (Lipinski definition) is 2. The van der Waals surface area contributed by atoms with Crippen LogP contribution in [0.25, 0.3) is 0 Å². The molecule has 3 atom stereocenters. The van der Waals surface area contributed by atoms with E-state index in [4.69, 9.17) is 5.73 Å². The highest BCUT2D eigenvalue weighted by Crippen LogP contribution is 2.40. The van der Waals surface area contributed by atoms with Crippen molar-refractivity contribution in [3.8, 4) is 0 Å². The number of nitrogens with two attached hydrogens (primary N) is 1. The van der Waals surface area contributed by atoms with E-state index >= 15 is 0 Å². The second-order valence-electron chi connectivity index (χ2n) is 3.74. The molecule has 0 radical (unpaired) electrons. The van der Waals surface area contributed by atoms with Crippen LogP contribution in [0, 0.1) is 5.92 Å². The number of aryl methyl sites for hydroxylation is 1. The van der Waals surface area contributed by atoms with Gasteiger partial charge in [0.25, 0.3) is 0 Å². The van der Waals surface area contributed by atoms with Gasteiger partial charge in [-0.15, -0.1) is 0 Å². The predicted octanol–water partition coefficient (Wildman–Crippen LogP) is 0.871. The maximum Gasteiger partial charge on any atom is 0.0492 e. The molecule has 1 fully saturated rings. The highest BCUT2D eigenvalue weighted by Gasteiger charge is 2.37. The highest BCUT2D eigenvalue weighted by molar-refractivity contribution is 5.15. The van der Waals surface area contributed by atoms with E-state index in [0.29, 0.717) is 17.9 Å². The normalized spacial score (nSPS) is 34.8. The van der Waals surface area contributed by atoms with Gasteiger partial charge in [0, 0.05) is 30.9 Å². The standard InChI is InChI=1S/C9H15N3/c1-6-7(5-8(6)10)9-3-4-11-12(9)2/h3-4,6-8H,5,10H2,1-2H3. The van der Waals surface area contributed by atoms with Crippen LogP contribution in [-0.2, 0) is 7.05 Å². The van der Waals surface area contributed by atoms with Crippen LogP contribution in [0.4, 0.5) is 0 Å². The average Bonchev–Trinajstić information content (AvgIpc) is 2.46. The van der Waals surface area contributed by atoms with Crippen molar-refractivity contribution in [2.45, 2.75) is 25.3 Å². The molecule has 1 aromatic rings. The Hall–Kier alpha value is -0.830. The summed E-state index contributed by atoms with van der Waals surface area (Å²) in [6, 6.07) is 2.48. The fourth-order valence-corrected chi connectivity index (χ4v) is 1.96. The van der Waals surface area contributed by atoms with Crippen LogP contribution in [0.3, 0.4) is 0 Å². The molecule has 0 aromatic carbocycles. The molecule has 3 nitrogen and oxygen atoms in total. The van der Waals surface area contributed by atoms with E-state index in [1.165, 1.54) is 5.69 Å². The largest absolute Gasteiger partial charge is 0.327 e. The van der Waals surface area contributed by atoms with Gasteiger partial charge in [0.2, 0.25) is 0 Å². The van der Waals surface area contributed by atoms with Crippen molar-refractivity contribution < 1.29 is 0 Å². The van der Waals surface area contributed by atoms with Crippen molar-refractivity contribution in [1.82, 2.24) is 9.78 Å². The topological polar surface area (TPSA) is 43.8 Å². The van der Waals surface area contributed by atoms with Crippen LogP contribution >= 0.6 is 0 Å². The van der Waals surface area contributed by atoms with Gasteiger partial charge in [-0.1, -0.05) is 6.92 Å². The summed E-state index contributed by atoms with van der Waals surface area (Å²) in [5.41, 5.74) is 7.16. The Labute approximate surface area is 72.6 Å². The van der Waals surface area contributed by atoms with Crippen LogP contribution in [0.5, 0.6) is 0 Å². The second kappa shape index (κ2) is 2.59. The lowest BCUT2D eigenvalue weighted by atomic mass is 9.69. The molecule has 1 aromatic heterocycles. The van der Waals surface area contributed by atoms with E-state index in [0.717, 1.165) is 6.42 Å². The SMILES string of the molecule is CC1C(N)CC1c1ccnn1C. The summed E-state index contributed by atoms with van der Waals surface area (Å²) in [5, 5.41) is 4.15. The Bertz CT molecular complexity index is 279. The quantitative estimate of drug-likeness (QED) is 0.671. The first kappa shape index (κ1) is 7.80. The van der Waals surface area contributed by atoms with Gasteiger partial charge in [-0.25, -0.2) is 0 Å². The lowest BCUT2D eigenvalue weighted by Crippen LogP contribution is -2.44. The minimum atomic E-state index is 0.393. The van der Waals surface area contributed by atoms with E-state index in [2.05, 4.69) is 18.1 Å². The van der Waals surface area contributed by atoms with Gasteiger partial charge < -0.3 is 5.73 Å². The molecule has 3 unspecified atom stereocenters. The third kappa shape index (κ3) is 0.966. The molecule has 0 aliphatic heterocycles. The van der Waals surface area contributed by atoms with E-state index in [1.807, 2.05) is 17.9 Å². The zero-order chi connectivity index (χ0) is 8.72. The molecule has 0 bridgehead atoms. The number of rotatable bonds is 1. The predicted molar refractivity (Wildman–Crippen MR) is 47.7 cm³/mol.